The average Bonchev–Trinajstić information content (AvgIpc) is 1.88. The Morgan fingerprint density at radius 2 is 2.27 bits per heavy atom. The lowest BCUT2D eigenvalue weighted by Crippen LogP contribution is -2.24. The summed E-state index contributed by atoms with van der Waals surface area (Å²) >= 11 is 0. The third-order valence-corrected chi connectivity index (χ3v) is 1.05. The summed E-state index contributed by atoms with van der Waals surface area (Å²) < 4.78 is 0. The number of aliphatic carboxylic acids is 1. The lowest BCUT2D eigenvalue weighted by Gasteiger charge is -1.98. The molecule has 0 spiro atoms. The Bertz CT molecular complexity index is 223. The van der Waals surface area contributed by atoms with Gasteiger partial charge >= 0.3 is 0 Å². The van der Waals surface area contributed by atoms with Crippen molar-refractivity contribution >= 4 is 5.97 Å². The second kappa shape index (κ2) is 4.40. The van der Waals surface area contributed by atoms with Crippen LogP contribution < -0.4 is 11.3 Å². The summed E-state index contributed by atoms with van der Waals surface area (Å²) in [6.07, 6.45) is 1.44. The normalized spacial score (nSPS) is 8.36. The van der Waals surface area contributed by atoms with Crippen molar-refractivity contribution in [3.05, 3.63) is 30.1 Å². The minimum atomic E-state index is -1.10. The molecule has 0 saturated heterocycles. The van der Waals surface area contributed by atoms with Gasteiger partial charge in [0, 0.05) is 24.3 Å². The van der Waals surface area contributed by atoms with Crippen LogP contribution in [0.1, 0.15) is 5.69 Å². The fraction of sp³-hybridized carbons (Fsp3) is 0.143. The molecule has 0 radical (unpaired) electrons. The van der Waals surface area contributed by atoms with Crippen LogP contribution in [-0.2, 0) is 11.2 Å². The summed E-state index contributed by atoms with van der Waals surface area (Å²) in [4.78, 5) is 13.8. The first-order chi connectivity index (χ1) is 4.79. The zero-order chi connectivity index (χ0) is 7.40. The molecule has 4 nitrogen and oxygen atoms in total. The fourth-order valence-corrected chi connectivity index (χ4v) is 0.651. The second-order valence-corrected chi connectivity index (χ2v) is 1.87. The predicted octanol–water partition coefficient (Wildman–Crippen LogP) is -0.250. The van der Waals surface area contributed by atoms with Crippen molar-refractivity contribution in [1.82, 2.24) is 11.1 Å². The van der Waals surface area contributed by atoms with Crippen molar-refractivity contribution in [1.29, 1.82) is 0 Å². The number of quaternary nitrogens is 1. The fourth-order valence-electron chi connectivity index (χ4n) is 0.651. The smallest absolute Gasteiger partial charge is 0.0473 e. The number of rotatable bonds is 2. The van der Waals surface area contributed by atoms with E-state index in [2.05, 4.69) is 4.98 Å². The number of hydrogen-bond donors (Lipinski definition) is 1. The highest BCUT2D eigenvalue weighted by molar-refractivity contribution is 5.67. The molecule has 11 heavy (non-hydrogen) atoms. The Kier molecular flexibility index (Phi) is 3.84. The summed E-state index contributed by atoms with van der Waals surface area (Å²) in [5.74, 6) is -1.10. The molecule has 1 aromatic heterocycles. The number of carboxylic acid groups (broad SMARTS) is 1. The zero-order valence-corrected chi connectivity index (χ0v) is 6.28. The molecular formula is C7H10N2O2. The number of hydrogen-bond acceptors (Lipinski definition) is 3. The van der Waals surface area contributed by atoms with E-state index in [9.17, 15) is 9.90 Å². The molecular weight excluding hydrogens is 144 g/mol. The van der Waals surface area contributed by atoms with Gasteiger partial charge in [0.2, 0.25) is 0 Å². The van der Waals surface area contributed by atoms with E-state index < -0.39 is 5.97 Å². The van der Waals surface area contributed by atoms with Crippen LogP contribution >= 0.6 is 0 Å². The number of pyridine rings is 1. The Morgan fingerprint density at radius 1 is 1.55 bits per heavy atom. The Balaban J connectivity index is 0.000001000. The maximum atomic E-state index is 10.0. The van der Waals surface area contributed by atoms with Crippen LogP contribution in [0.15, 0.2) is 24.4 Å². The molecule has 0 amide bonds. The van der Waals surface area contributed by atoms with E-state index in [-0.39, 0.29) is 12.6 Å². The molecule has 0 aliphatic rings. The van der Waals surface area contributed by atoms with Crippen molar-refractivity contribution in [2.45, 2.75) is 6.42 Å². The third kappa shape index (κ3) is 3.32. The molecule has 4 heteroatoms. The summed E-state index contributed by atoms with van der Waals surface area (Å²) in [7, 11) is 0. The molecule has 4 N–H and O–H groups in total. The first-order valence-corrected chi connectivity index (χ1v) is 2.89. The molecule has 1 rings (SSSR count). The minimum absolute atomic E-state index is 0. The van der Waals surface area contributed by atoms with Crippen LogP contribution in [0, 0.1) is 0 Å². The van der Waals surface area contributed by atoms with Gasteiger partial charge < -0.3 is 16.1 Å². The summed E-state index contributed by atoms with van der Waals surface area (Å²) in [6, 6.07) is 5.12. The van der Waals surface area contributed by atoms with Crippen LogP contribution in [0.4, 0.5) is 0 Å². The molecule has 0 unspecified atom stereocenters. The Hall–Kier alpha value is -1.42. The predicted molar refractivity (Wildman–Crippen MR) is 38.9 cm³/mol. The van der Waals surface area contributed by atoms with Crippen LogP contribution in [0.25, 0.3) is 0 Å². The third-order valence-electron chi connectivity index (χ3n) is 1.05. The zero-order valence-electron chi connectivity index (χ0n) is 6.28. The monoisotopic (exact) mass is 154 g/mol. The van der Waals surface area contributed by atoms with Gasteiger partial charge in [0.15, 0.2) is 0 Å². The quantitative estimate of drug-likeness (QED) is 0.636. The Labute approximate surface area is 64.5 Å². The van der Waals surface area contributed by atoms with Crippen molar-refractivity contribution in [3.8, 4) is 0 Å². The topological polar surface area (TPSA) is 89.5 Å². The van der Waals surface area contributed by atoms with Gasteiger partial charge in [0.1, 0.15) is 0 Å². The highest BCUT2D eigenvalue weighted by Gasteiger charge is 1.90. The van der Waals surface area contributed by atoms with E-state index in [4.69, 9.17) is 0 Å². The second-order valence-electron chi connectivity index (χ2n) is 1.87. The highest BCUT2D eigenvalue weighted by Crippen LogP contribution is 1.92. The van der Waals surface area contributed by atoms with Crippen molar-refractivity contribution in [2.24, 2.45) is 0 Å². The standard InChI is InChI=1S/C7H7NO2.H3N/c9-7(10)5-6-3-1-2-4-8-6;/h1-4H,5H2,(H,9,10);1H3. The van der Waals surface area contributed by atoms with E-state index in [1.165, 1.54) is 0 Å². The molecule has 0 saturated carbocycles. The number of carboxylic acids is 1. The molecule has 1 aromatic rings. The van der Waals surface area contributed by atoms with Crippen molar-refractivity contribution in [2.75, 3.05) is 0 Å². The van der Waals surface area contributed by atoms with Crippen molar-refractivity contribution < 1.29 is 9.90 Å². The molecule has 0 aliphatic carbocycles. The summed E-state index contributed by atoms with van der Waals surface area (Å²) in [6.45, 7) is 0. The van der Waals surface area contributed by atoms with Gasteiger partial charge in [-0.1, -0.05) is 6.07 Å². The molecule has 0 bridgehead atoms. The van der Waals surface area contributed by atoms with Crippen LogP contribution in [0.3, 0.4) is 0 Å². The Morgan fingerprint density at radius 3 is 2.73 bits per heavy atom. The van der Waals surface area contributed by atoms with Gasteiger partial charge in [-0.05, 0) is 12.1 Å². The number of aromatic nitrogens is 1. The molecule has 0 aromatic carbocycles. The first kappa shape index (κ1) is 9.58. The van der Waals surface area contributed by atoms with Gasteiger partial charge in [-0.2, -0.15) is 0 Å². The van der Waals surface area contributed by atoms with E-state index in [0.717, 1.165) is 0 Å². The van der Waals surface area contributed by atoms with Gasteiger partial charge in [0.05, 0.1) is 0 Å². The molecule has 0 fully saturated rings. The van der Waals surface area contributed by atoms with Gasteiger partial charge in [-0.3, -0.25) is 4.98 Å². The van der Waals surface area contributed by atoms with Gasteiger partial charge in [-0.25, -0.2) is 0 Å². The summed E-state index contributed by atoms with van der Waals surface area (Å²) in [5, 5.41) is 10.0. The van der Waals surface area contributed by atoms with Crippen LogP contribution in [0.5, 0.6) is 0 Å². The van der Waals surface area contributed by atoms with Gasteiger partial charge in [0.25, 0.3) is 0 Å². The van der Waals surface area contributed by atoms with E-state index >= 15 is 0 Å². The first-order valence-electron chi connectivity index (χ1n) is 2.89. The molecule has 1 heterocycles. The SMILES string of the molecule is O=C([O-])Cc1ccccn1.[NH4+]. The number of carbonyl (C=O) groups is 1. The van der Waals surface area contributed by atoms with Crippen LogP contribution in [0.2, 0.25) is 0 Å². The molecule has 60 valence electrons. The lowest BCUT2D eigenvalue weighted by molar-refractivity contribution is -0.304. The highest BCUT2D eigenvalue weighted by atomic mass is 16.4. The molecule has 0 atom stereocenters. The number of nitrogens with zero attached hydrogens (tertiary/aromatic N) is 1. The van der Waals surface area contributed by atoms with Gasteiger partial charge in [-0.15, -0.1) is 0 Å². The maximum absolute atomic E-state index is 10.0. The maximum Gasteiger partial charge on any atom is 0.0473 e. The molecule has 0 aliphatic heterocycles. The van der Waals surface area contributed by atoms with E-state index in [0.29, 0.717) is 5.69 Å². The largest absolute Gasteiger partial charge is 0.550 e. The number of carbonyl (C=O) groups excluding carboxylic acids is 1. The lowest BCUT2D eigenvalue weighted by atomic mass is 10.3. The summed E-state index contributed by atoms with van der Waals surface area (Å²) in [5.41, 5.74) is 0.530. The van der Waals surface area contributed by atoms with E-state index in [1.54, 1.807) is 24.4 Å². The average molecular weight is 154 g/mol. The van der Waals surface area contributed by atoms with E-state index in [1.807, 2.05) is 0 Å². The van der Waals surface area contributed by atoms with Crippen molar-refractivity contribution in [3.63, 3.8) is 0 Å². The minimum Gasteiger partial charge on any atom is -0.550 e. The van der Waals surface area contributed by atoms with Crippen LogP contribution in [-0.4, -0.2) is 11.0 Å².